The van der Waals surface area contributed by atoms with Crippen LogP contribution in [0.3, 0.4) is 0 Å². The van der Waals surface area contributed by atoms with E-state index in [4.69, 9.17) is 5.26 Å². The van der Waals surface area contributed by atoms with E-state index in [1.165, 1.54) is 12.8 Å². The molecule has 86 valence electrons. The van der Waals surface area contributed by atoms with E-state index in [0.717, 1.165) is 26.2 Å². The lowest BCUT2D eigenvalue weighted by Gasteiger charge is -2.45. The Morgan fingerprint density at radius 3 is 2.07 bits per heavy atom. The fourth-order valence-corrected chi connectivity index (χ4v) is 2.24. The molecule has 0 aromatic rings. The standard InChI is InChI=1S/C12H23N3/c1-4-12(3,5-2)15-10-8-14(7-6-13)9-11-15/h4-5,7-11H2,1-3H3. The van der Waals surface area contributed by atoms with Crippen molar-refractivity contribution >= 4 is 0 Å². The molecule has 3 nitrogen and oxygen atoms in total. The molecular weight excluding hydrogens is 186 g/mol. The molecular formula is C12H23N3. The molecule has 0 saturated carbocycles. The molecule has 0 aromatic carbocycles. The molecule has 0 bridgehead atoms. The Kier molecular flexibility index (Phi) is 4.56. The van der Waals surface area contributed by atoms with Crippen molar-refractivity contribution in [3.63, 3.8) is 0 Å². The van der Waals surface area contributed by atoms with Crippen molar-refractivity contribution in [1.29, 1.82) is 5.26 Å². The topological polar surface area (TPSA) is 30.3 Å². The minimum atomic E-state index is 0.360. The molecule has 0 amide bonds. The molecule has 0 spiro atoms. The Morgan fingerprint density at radius 2 is 1.67 bits per heavy atom. The summed E-state index contributed by atoms with van der Waals surface area (Å²) in [6.45, 7) is 11.8. The molecule has 1 aliphatic heterocycles. The number of piperazine rings is 1. The number of hydrogen-bond donors (Lipinski definition) is 0. The van der Waals surface area contributed by atoms with E-state index in [0.29, 0.717) is 12.1 Å². The molecule has 1 rings (SSSR count). The van der Waals surface area contributed by atoms with Crippen LogP contribution in [-0.2, 0) is 0 Å². The Balaban J connectivity index is 2.46. The van der Waals surface area contributed by atoms with Gasteiger partial charge in [-0.15, -0.1) is 0 Å². The first-order chi connectivity index (χ1) is 7.16. The predicted molar refractivity (Wildman–Crippen MR) is 62.6 cm³/mol. The van der Waals surface area contributed by atoms with Crippen molar-refractivity contribution in [2.45, 2.75) is 39.2 Å². The van der Waals surface area contributed by atoms with Crippen LogP contribution < -0.4 is 0 Å². The zero-order valence-corrected chi connectivity index (χ0v) is 10.3. The van der Waals surface area contributed by atoms with E-state index in [-0.39, 0.29) is 0 Å². The van der Waals surface area contributed by atoms with Gasteiger partial charge in [0.05, 0.1) is 12.6 Å². The summed E-state index contributed by atoms with van der Waals surface area (Å²) in [4.78, 5) is 4.82. The van der Waals surface area contributed by atoms with E-state index in [1.54, 1.807) is 0 Å². The molecule has 1 fully saturated rings. The van der Waals surface area contributed by atoms with Gasteiger partial charge in [-0.1, -0.05) is 13.8 Å². The maximum absolute atomic E-state index is 8.63. The molecule has 0 radical (unpaired) electrons. The fourth-order valence-electron chi connectivity index (χ4n) is 2.24. The SMILES string of the molecule is CCC(C)(CC)N1CCN(CC#N)CC1. The zero-order valence-electron chi connectivity index (χ0n) is 10.3. The van der Waals surface area contributed by atoms with Crippen LogP contribution in [0.4, 0.5) is 0 Å². The lowest BCUT2D eigenvalue weighted by molar-refractivity contribution is 0.0412. The summed E-state index contributed by atoms with van der Waals surface area (Å²) < 4.78 is 0. The Morgan fingerprint density at radius 1 is 1.13 bits per heavy atom. The second-order valence-electron chi connectivity index (χ2n) is 4.63. The predicted octanol–water partition coefficient (Wildman–Crippen LogP) is 1.71. The van der Waals surface area contributed by atoms with Crippen LogP contribution in [0, 0.1) is 11.3 Å². The van der Waals surface area contributed by atoms with Crippen LogP contribution in [0.5, 0.6) is 0 Å². The third-order valence-electron chi connectivity index (χ3n) is 3.95. The van der Waals surface area contributed by atoms with Crippen LogP contribution >= 0.6 is 0 Å². The highest BCUT2D eigenvalue weighted by Crippen LogP contribution is 2.24. The van der Waals surface area contributed by atoms with Gasteiger partial charge in [0.15, 0.2) is 0 Å². The molecule has 0 aromatic heterocycles. The average molecular weight is 209 g/mol. The highest BCUT2D eigenvalue weighted by atomic mass is 15.3. The largest absolute Gasteiger partial charge is 0.295 e. The summed E-state index contributed by atoms with van der Waals surface area (Å²) in [6.07, 6.45) is 2.42. The zero-order chi connectivity index (χ0) is 11.3. The van der Waals surface area contributed by atoms with Crippen LogP contribution in [0.15, 0.2) is 0 Å². The van der Waals surface area contributed by atoms with E-state index < -0.39 is 0 Å². The summed E-state index contributed by atoms with van der Waals surface area (Å²) >= 11 is 0. The van der Waals surface area contributed by atoms with Gasteiger partial charge < -0.3 is 0 Å². The van der Waals surface area contributed by atoms with Gasteiger partial charge >= 0.3 is 0 Å². The van der Waals surface area contributed by atoms with Crippen LogP contribution in [0.2, 0.25) is 0 Å². The van der Waals surface area contributed by atoms with Gasteiger partial charge in [-0.25, -0.2) is 0 Å². The summed E-state index contributed by atoms with van der Waals surface area (Å²) in [5.41, 5.74) is 0.360. The molecule has 1 aliphatic rings. The van der Waals surface area contributed by atoms with E-state index in [1.807, 2.05) is 0 Å². The number of hydrogen-bond acceptors (Lipinski definition) is 3. The van der Waals surface area contributed by atoms with Gasteiger partial charge in [0.25, 0.3) is 0 Å². The smallest absolute Gasteiger partial charge is 0.0866 e. The highest BCUT2D eigenvalue weighted by molar-refractivity contribution is 4.89. The summed E-state index contributed by atoms with van der Waals surface area (Å²) in [6, 6.07) is 2.23. The van der Waals surface area contributed by atoms with Crippen LogP contribution in [0.1, 0.15) is 33.6 Å². The van der Waals surface area contributed by atoms with Gasteiger partial charge in [-0.3, -0.25) is 9.80 Å². The van der Waals surface area contributed by atoms with Crippen molar-refractivity contribution in [2.24, 2.45) is 0 Å². The molecule has 0 unspecified atom stereocenters. The van der Waals surface area contributed by atoms with Gasteiger partial charge in [0, 0.05) is 31.7 Å². The molecule has 0 N–H and O–H groups in total. The summed E-state index contributed by atoms with van der Waals surface area (Å²) in [5, 5.41) is 8.63. The maximum atomic E-state index is 8.63. The van der Waals surface area contributed by atoms with Gasteiger partial charge in [-0.2, -0.15) is 5.26 Å². The van der Waals surface area contributed by atoms with Gasteiger partial charge in [0.2, 0.25) is 0 Å². The van der Waals surface area contributed by atoms with Crippen LogP contribution in [-0.4, -0.2) is 48.1 Å². The molecule has 0 atom stereocenters. The van der Waals surface area contributed by atoms with E-state index in [9.17, 15) is 0 Å². The Labute approximate surface area is 93.7 Å². The first-order valence-corrected chi connectivity index (χ1v) is 6.00. The Hall–Kier alpha value is -0.590. The fraction of sp³-hybridized carbons (Fsp3) is 0.917. The minimum absolute atomic E-state index is 0.360. The molecule has 0 aliphatic carbocycles. The van der Waals surface area contributed by atoms with Gasteiger partial charge in [0.1, 0.15) is 0 Å². The maximum Gasteiger partial charge on any atom is 0.0866 e. The molecule has 1 saturated heterocycles. The lowest BCUT2D eigenvalue weighted by atomic mass is 9.92. The third kappa shape index (κ3) is 2.93. The first kappa shape index (κ1) is 12.5. The summed E-state index contributed by atoms with van der Waals surface area (Å²) in [5.74, 6) is 0. The lowest BCUT2D eigenvalue weighted by Crippen LogP contribution is -2.55. The average Bonchev–Trinajstić information content (AvgIpc) is 2.29. The van der Waals surface area contributed by atoms with Crippen molar-refractivity contribution < 1.29 is 0 Å². The third-order valence-corrected chi connectivity index (χ3v) is 3.95. The molecule has 1 heterocycles. The second-order valence-corrected chi connectivity index (χ2v) is 4.63. The number of nitriles is 1. The summed E-state index contributed by atoms with van der Waals surface area (Å²) in [7, 11) is 0. The van der Waals surface area contributed by atoms with Crippen molar-refractivity contribution in [2.75, 3.05) is 32.7 Å². The number of rotatable bonds is 4. The molecule has 3 heteroatoms. The minimum Gasteiger partial charge on any atom is -0.295 e. The Bertz CT molecular complexity index is 220. The quantitative estimate of drug-likeness (QED) is 0.660. The monoisotopic (exact) mass is 209 g/mol. The van der Waals surface area contributed by atoms with Crippen LogP contribution in [0.25, 0.3) is 0 Å². The van der Waals surface area contributed by atoms with Crippen molar-refractivity contribution in [3.8, 4) is 6.07 Å². The van der Waals surface area contributed by atoms with E-state index >= 15 is 0 Å². The highest BCUT2D eigenvalue weighted by Gasteiger charge is 2.30. The molecule has 15 heavy (non-hydrogen) atoms. The second kappa shape index (κ2) is 5.48. The van der Waals surface area contributed by atoms with Gasteiger partial charge in [-0.05, 0) is 19.8 Å². The number of nitrogens with zero attached hydrogens (tertiary/aromatic N) is 3. The van der Waals surface area contributed by atoms with Crippen molar-refractivity contribution in [3.05, 3.63) is 0 Å². The first-order valence-electron chi connectivity index (χ1n) is 6.00. The van der Waals surface area contributed by atoms with Crippen molar-refractivity contribution in [1.82, 2.24) is 9.80 Å². The van der Waals surface area contributed by atoms with E-state index in [2.05, 4.69) is 36.6 Å². The normalized spacial score (nSPS) is 20.1.